The summed E-state index contributed by atoms with van der Waals surface area (Å²) in [4.78, 5) is 11.8. The molecule has 0 bridgehead atoms. The fraction of sp³-hybridized carbons (Fsp3) is 0.909. The minimum absolute atomic E-state index is 0.000718. The molecule has 1 aliphatic heterocycles. The highest BCUT2D eigenvalue weighted by Gasteiger charge is 2.33. The normalized spacial score (nSPS) is 28.9. The first-order chi connectivity index (χ1) is 6.79. The van der Waals surface area contributed by atoms with Crippen LogP contribution in [0, 0.1) is 11.8 Å². The van der Waals surface area contributed by atoms with Crippen molar-refractivity contribution >= 4 is 17.7 Å². The van der Waals surface area contributed by atoms with Gasteiger partial charge in [0, 0.05) is 13.1 Å². The van der Waals surface area contributed by atoms with Gasteiger partial charge in [-0.1, -0.05) is 6.92 Å². The van der Waals surface area contributed by atoms with Crippen LogP contribution in [0.15, 0.2) is 0 Å². The van der Waals surface area contributed by atoms with Gasteiger partial charge >= 0.3 is 5.97 Å². The minimum Gasteiger partial charge on any atom is -0.460 e. The standard InChI is InChI=1S/C11H20ClNO2/c1-8-7-13(12)6-5-9(8)10(14)15-11(2,3)4/h8-9H,5-7H2,1-4H3/t8-,9+/m1/s1. The van der Waals surface area contributed by atoms with Crippen LogP contribution in [-0.2, 0) is 9.53 Å². The molecule has 0 amide bonds. The second-order valence-corrected chi connectivity index (χ2v) is 5.75. The Kier molecular flexibility index (Phi) is 4.01. The third-order valence-corrected chi connectivity index (χ3v) is 2.87. The van der Waals surface area contributed by atoms with E-state index in [0.29, 0.717) is 0 Å². The molecule has 0 aromatic carbocycles. The summed E-state index contributed by atoms with van der Waals surface area (Å²) in [6.45, 7) is 9.25. The van der Waals surface area contributed by atoms with E-state index in [1.807, 2.05) is 27.7 Å². The minimum atomic E-state index is -0.394. The first kappa shape index (κ1) is 12.8. The number of hydrogen-bond acceptors (Lipinski definition) is 3. The maximum atomic E-state index is 11.8. The van der Waals surface area contributed by atoms with Crippen molar-refractivity contribution in [2.45, 2.75) is 39.7 Å². The molecule has 1 fully saturated rings. The SMILES string of the molecule is C[C@@H]1CN(Cl)CC[C@@H]1C(=O)OC(C)(C)C. The molecule has 0 spiro atoms. The smallest absolute Gasteiger partial charge is 0.309 e. The van der Waals surface area contributed by atoms with E-state index in [0.717, 1.165) is 19.5 Å². The summed E-state index contributed by atoms with van der Waals surface area (Å²) >= 11 is 5.90. The van der Waals surface area contributed by atoms with Crippen molar-refractivity contribution in [2.75, 3.05) is 13.1 Å². The van der Waals surface area contributed by atoms with E-state index in [1.54, 1.807) is 4.42 Å². The van der Waals surface area contributed by atoms with Crippen LogP contribution < -0.4 is 0 Å². The van der Waals surface area contributed by atoms with Gasteiger partial charge in [0.1, 0.15) is 5.60 Å². The third-order valence-electron chi connectivity index (χ3n) is 2.57. The lowest BCUT2D eigenvalue weighted by molar-refractivity contribution is -0.163. The van der Waals surface area contributed by atoms with Gasteiger partial charge in [-0.25, -0.2) is 4.42 Å². The number of hydrogen-bond donors (Lipinski definition) is 0. The Labute approximate surface area is 96.8 Å². The average Bonchev–Trinajstić information content (AvgIpc) is 1.99. The number of piperidine rings is 1. The first-order valence-electron chi connectivity index (χ1n) is 5.43. The Morgan fingerprint density at radius 1 is 1.47 bits per heavy atom. The fourth-order valence-corrected chi connectivity index (χ4v) is 2.14. The molecule has 0 aliphatic carbocycles. The summed E-state index contributed by atoms with van der Waals surface area (Å²) < 4.78 is 7.12. The second kappa shape index (κ2) is 4.71. The zero-order valence-corrected chi connectivity index (χ0v) is 10.7. The maximum absolute atomic E-state index is 11.8. The second-order valence-electron chi connectivity index (χ2n) is 5.27. The molecule has 0 N–H and O–H groups in total. The van der Waals surface area contributed by atoms with Gasteiger partial charge < -0.3 is 4.74 Å². The van der Waals surface area contributed by atoms with Gasteiger partial charge in [-0.05, 0) is 44.9 Å². The van der Waals surface area contributed by atoms with Crippen molar-refractivity contribution in [3.8, 4) is 0 Å². The maximum Gasteiger partial charge on any atom is 0.309 e. The Hall–Kier alpha value is -0.280. The van der Waals surface area contributed by atoms with Gasteiger partial charge in [-0.3, -0.25) is 4.79 Å². The molecule has 1 heterocycles. The quantitative estimate of drug-likeness (QED) is 0.515. The highest BCUT2D eigenvalue weighted by molar-refractivity contribution is 6.13. The highest BCUT2D eigenvalue weighted by atomic mass is 35.5. The van der Waals surface area contributed by atoms with Crippen molar-refractivity contribution in [1.29, 1.82) is 0 Å². The average molecular weight is 234 g/mol. The van der Waals surface area contributed by atoms with Gasteiger partial charge in [0.15, 0.2) is 0 Å². The molecule has 1 rings (SSSR count). The number of ether oxygens (including phenoxy) is 1. The fourth-order valence-electron chi connectivity index (χ4n) is 1.82. The topological polar surface area (TPSA) is 29.5 Å². The molecule has 3 nitrogen and oxygen atoms in total. The van der Waals surface area contributed by atoms with Crippen molar-refractivity contribution in [3.05, 3.63) is 0 Å². The van der Waals surface area contributed by atoms with Crippen LogP contribution in [0.4, 0.5) is 0 Å². The Morgan fingerprint density at radius 3 is 2.53 bits per heavy atom. The summed E-state index contributed by atoms with van der Waals surface area (Å²) in [7, 11) is 0. The molecule has 1 aliphatic rings. The molecule has 0 unspecified atom stereocenters. The first-order valence-corrected chi connectivity index (χ1v) is 5.77. The summed E-state index contributed by atoms with van der Waals surface area (Å²) in [5.41, 5.74) is -0.394. The summed E-state index contributed by atoms with van der Waals surface area (Å²) in [6.07, 6.45) is 0.791. The molecule has 15 heavy (non-hydrogen) atoms. The third kappa shape index (κ3) is 3.99. The Bertz CT molecular complexity index is 237. The molecule has 0 aromatic heterocycles. The van der Waals surface area contributed by atoms with Crippen molar-refractivity contribution in [1.82, 2.24) is 4.42 Å². The van der Waals surface area contributed by atoms with Gasteiger partial charge in [0.25, 0.3) is 0 Å². The lowest BCUT2D eigenvalue weighted by atomic mass is 9.88. The van der Waals surface area contributed by atoms with E-state index in [4.69, 9.17) is 16.5 Å². The summed E-state index contributed by atoms with van der Waals surface area (Å²) in [6, 6.07) is 0. The molecule has 0 radical (unpaired) electrons. The number of carbonyl (C=O) groups is 1. The monoisotopic (exact) mass is 233 g/mol. The predicted molar refractivity (Wildman–Crippen MR) is 60.5 cm³/mol. The van der Waals surface area contributed by atoms with Crippen molar-refractivity contribution < 1.29 is 9.53 Å². The largest absolute Gasteiger partial charge is 0.460 e. The lowest BCUT2D eigenvalue weighted by Crippen LogP contribution is -2.40. The van der Waals surface area contributed by atoms with E-state index >= 15 is 0 Å². The Balaban J connectivity index is 2.53. The van der Waals surface area contributed by atoms with E-state index in [-0.39, 0.29) is 17.8 Å². The molecule has 88 valence electrons. The van der Waals surface area contributed by atoms with E-state index in [9.17, 15) is 4.79 Å². The van der Waals surface area contributed by atoms with Crippen LogP contribution in [0.25, 0.3) is 0 Å². The van der Waals surface area contributed by atoms with Crippen LogP contribution in [-0.4, -0.2) is 29.1 Å². The highest BCUT2D eigenvalue weighted by Crippen LogP contribution is 2.26. The number of halogens is 1. The van der Waals surface area contributed by atoms with Crippen molar-refractivity contribution in [3.63, 3.8) is 0 Å². The molecule has 2 atom stereocenters. The molecule has 0 saturated carbocycles. The van der Waals surface area contributed by atoms with Crippen molar-refractivity contribution in [2.24, 2.45) is 11.8 Å². The van der Waals surface area contributed by atoms with Crippen LogP contribution in [0.5, 0.6) is 0 Å². The zero-order valence-electron chi connectivity index (χ0n) is 9.92. The number of carbonyl (C=O) groups excluding carboxylic acids is 1. The molecule has 4 heteroatoms. The lowest BCUT2D eigenvalue weighted by Gasteiger charge is -2.33. The number of esters is 1. The predicted octanol–water partition coefficient (Wildman–Crippen LogP) is 2.44. The number of rotatable bonds is 1. The van der Waals surface area contributed by atoms with Crippen LogP contribution in [0.1, 0.15) is 34.1 Å². The summed E-state index contributed by atoms with van der Waals surface area (Å²) in [5, 5.41) is 0. The van der Waals surface area contributed by atoms with Gasteiger partial charge in [0.05, 0.1) is 5.92 Å². The van der Waals surface area contributed by atoms with Gasteiger partial charge in [0.2, 0.25) is 0 Å². The molecule has 0 aromatic rings. The van der Waals surface area contributed by atoms with Crippen LogP contribution in [0.3, 0.4) is 0 Å². The summed E-state index contributed by atoms with van der Waals surface area (Å²) in [5.74, 6) is 0.185. The van der Waals surface area contributed by atoms with Crippen LogP contribution in [0.2, 0.25) is 0 Å². The van der Waals surface area contributed by atoms with E-state index in [2.05, 4.69) is 0 Å². The molecular formula is C11H20ClNO2. The Morgan fingerprint density at radius 2 is 2.07 bits per heavy atom. The zero-order chi connectivity index (χ0) is 11.6. The molecule has 1 saturated heterocycles. The molecular weight excluding hydrogens is 214 g/mol. The van der Waals surface area contributed by atoms with Crippen LogP contribution >= 0.6 is 11.8 Å². The van der Waals surface area contributed by atoms with E-state index in [1.165, 1.54) is 0 Å². The van der Waals surface area contributed by atoms with E-state index < -0.39 is 5.60 Å². The number of nitrogens with zero attached hydrogens (tertiary/aromatic N) is 1. The van der Waals surface area contributed by atoms with Gasteiger partial charge in [-0.15, -0.1) is 0 Å². The van der Waals surface area contributed by atoms with Gasteiger partial charge in [-0.2, -0.15) is 0 Å².